The second kappa shape index (κ2) is 12.9. The molecule has 0 atom stereocenters. The third-order valence-electron chi connectivity index (χ3n) is 9.76. The molecule has 5 aromatic carbocycles. The van der Waals surface area contributed by atoms with Crippen LogP contribution in [0.25, 0.3) is 47.8 Å². The monoisotopic (exact) mass is 885 g/mol. The second-order valence-electron chi connectivity index (χ2n) is 14.1. The van der Waals surface area contributed by atoms with Gasteiger partial charge in [0.2, 0.25) is 0 Å². The first-order valence-corrected chi connectivity index (χ1v) is 18.1. The summed E-state index contributed by atoms with van der Waals surface area (Å²) >= 11 is 1.81. The van der Waals surface area contributed by atoms with Crippen LogP contribution >= 0.6 is 11.3 Å². The molecular weight excluding hydrogens is 854 g/mol. The number of thiophene rings is 1. The van der Waals surface area contributed by atoms with Crippen LogP contribution in [-0.2, 0) is 26.5 Å². The van der Waals surface area contributed by atoms with Crippen LogP contribution < -0.4 is 14.5 Å². The minimum Gasteiger partial charge on any atom is -0.509 e. The van der Waals surface area contributed by atoms with Crippen LogP contribution in [0.3, 0.4) is 0 Å². The van der Waals surface area contributed by atoms with Crippen LogP contribution in [0.15, 0.2) is 134 Å². The fourth-order valence-corrected chi connectivity index (χ4v) is 8.31. The molecular formula is C45H32N5OPtS-3. The number of rotatable bonds is 5. The van der Waals surface area contributed by atoms with E-state index < -0.39 is 0 Å². The number of hydrogen-bond acceptors (Lipinski definition) is 6. The fourth-order valence-electron chi connectivity index (χ4n) is 7.17. The largest absolute Gasteiger partial charge is 0.509 e. The average Bonchev–Trinajstić information content (AvgIpc) is 3.84. The van der Waals surface area contributed by atoms with Crippen molar-refractivity contribution in [1.29, 1.82) is 0 Å². The molecule has 8 heteroatoms. The van der Waals surface area contributed by atoms with Gasteiger partial charge in [-0.1, -0.05) is 68.8 Å². The van der Waals surface area contributed by atoms with Crippen LogP contribution in [0.4, 0.5) is 22.9 Å². The summed E-state index contributed by atoms with van der Waals surface area (Å²) in [6, 6.07) is 49.1. The number of hydrogen-bond donors (Lipinski definition) is 0. The zero-order chi connectivity index (χ0) is 35.0. The van der Waals surface area contributed by atoms with Crippen molar-refractivity contribution in [2.75, 3.05) is 9.80 Å². The first-order chi connectivity index (χ1) is 25.4. The van der Waals surface area contributed by atoms with Crippen LogP contribution in [0.2, 0.25) is 0 Å². The Morgan fingerprint density at radius 1 is 0.660 bits per heavy atom. The van der Waals surface area contributed by atoms with E-state index in [9.17, 15) is 0 Å². The first kappa shape index (κ1) is 33.4. The second-order valence-corrected chi connectivity index (χ2v) is 15.2. The van der Waals surface area contributed by atoms with Crippen molar-refractivity contribution in [2.45, 2.75) is 26.2 Å². The van der Waals surface area contributed by atoms with Crippen LogP contribution in [-0.4, -0.2) is 14.5 Å². The Labute approximate surface area is 326 Å². The molecule has 6 nitrogen and oxygen atoms in total. The molecule has 1 aliphatic heterocycles. The Hall–Kier alpha value is -5.49. The van der Waals surface area contributed by atoms with E-state index in [4.69, 9.17) is 14.7 Å². The summed E-state index contributed by atoms with van der Waals surface area (Å²) in [7, 11) is 0. The fraction of sp³-hybridized carbons (Fsp3) is 0.0889. The van der Waals surface area contributed by atoms with Gasteiger partial charge in [-0.05, 0) is 64.9 Å². The maximum Gasteiger partial charge on any atom is 0.135 e. The molecule has 0 bridgehead atoms. The van der Waals surface area contributed by atoms with Crippen LogP contribution in [0.1, 0.15) is 26.3 Å². The topological polar surface area (TPSA) is 46.4 Å². The maximum absolute atomic E-state index is 6.51. The summed E-state index contributed by atoms with van der Waals surface area (Å²) in [5.74, 6) is 2.90. The number of benzene rings is 5. The Bertz CT molecular complexity index is 2840. The van der Waals surface area contributed by atoms with Gasteiger partial charge in [-0.3, -0.25) is 0 Å². The molecule has 0 radical (unpaired) electrons. The van der Waals surface area contributed by atoms with Crippen molar-refractivity contribution >= 4 is 76.2 Å². The molecule has 1 aliphatic rings. The van der Waals surface area contributed by atoms with Gasteiger partial charge in [-0.2, -0.15) is 12.1 Å². The molecule has 0 amide bonds. The number of para-hydroxylation sites is 1. The molecule has 0 saturated heterocycles. The van der Waals surface area contributed by atoms with E-state index in [1.54, 1.807) is 0 Å². The molecule has 0 fully saturated rings. The zero-order valence-corrected chi connectivity index (χ0v) is 32.2. The van der Waals surface area contributed by atoms with E-state index in [0.29, 0.717) is 11.5 Å². The molecule has 5 heterocycles. The number of anilines is 4. The van der Waals surface area contributed by atoms with E-state index in [1.807, 2.05) is 54.1 Å². The summed E-state index contributed by atoms with van der Waals surface area (Å²) < 4.78 is 11.2. The maximum atomic E-state index is 6.51. The van der Waals surface area contributed by atoms with Gasteiger partial charge in [0.05, 0.1) is 5.69 Å². The predicted octanol–water partition coefficient (Wildman–Crippen LogP) is 12.0. The molecule has 0 spiro atoms. The van der Waals surface area contributed by atoms with E-state index >= 15 is 0 Å². The Morgan fingerprint density at radius 3 is 2.34 bits per heavy atom. The molecule has 9 aromatic rings. The van der Waals surface area contributed by atoms with Gasteiger partial charge in [0, 0.05) is 76.3 Å². The predicted molar refractivity (Wildman–Crippen MR) is 214 cm³/mol. The van der Waals surface area contributed by atoms with Crippen molar-refractivity contribution in [3.63, 3.8) is 0 Å². The molecule has 0 unspecified atom stereocenters. The van der Waals surface area contributed by atoms with Gasteiger partial charge >= 0.3 is 0 Å². The summed E-state index contributed by atoms with van der Waals surface area (Å²) in [5, 5.41) is 4.79. The Morgan fingerprint density at radius 2 is 1.45 bits per heavy atom. The number of ether oxygens (including phenoxy) is 1. The number of pyridine rings is 2. The van der Waals surface area contributed by atoms with Gasteiger partial charge in [-0.25, -0.2) is 9.97 Å². The average molecular weight is 886 g/mol. The van der Waals surface area contributed by atoms with Gasteiger partial charge in [0.1, 0.15) is 11.6 Å². The van der Waals surface area contributed by atoms with Crippen LogP contribution in [0, 0.1) is 18.8 Å². The molecule has 4 aromatic heterocycles. The molecule has 0 aliphatic carbocycles. The van der Waals surface area contributed by atoms with Crippen molar-refractivity contribution in [3.05, 3.63) is 158 Å². The molecule has 10 rings (SSSR count). The van der Waals surface area contributed by atoms with Crippen LogP contribution in [0.5, 0.6) is 11.5 Å². The van der Waals surface area contributed by atoms with E-state index in [0.717, 1.165) is 50.5 Å². The van der Waals surface area contributed by atoms with Gasteiger partial charge in [0.25, 0.3) is 0 Å². The van der Waals surface area contributed by atoms with Crippen molar-refractivity contribution in [3.8, 4) is 17.3 Å². The molecule has 0 N–H and O–H groups in total. The van der Waals surface area contributed by atoms with Gasteiger partial charge < -0.3 is 19.1 Å². The SMILES string of the molecule is CC(C)(C)c1ccnc(-n2c3[c-]c(Oc4[c-]c(N5[CH-]N(c6ccc7c(c6)sc6ccccc67)c6ncccc65)ccc4)ccc3c3ccccc32)c1.[Pt]. The van der Waals surface area contributed by atoms with Gasteiger partial charge in [0.15, 0.2) is 0 Å². The summed E-state index contributed by atoms with van der Waals surface area (Å²) in [5.41, 5.74) is 6.05. The standard InChI is InChI=1S/C45H32N5OS.Pt/c1-45(2,3)29-21-23-46-43(24-29)50-38-14-6-4-12-34(38)35-20-18-33(27-40(35)50)51-32-11-8-10-30(25-32)48-28-49(44-39(48)15-9-22-47-44)31-17-19-37-36-13-5-7-16-41(36)52-42(37)26-31;/h4-24,26,28H,1-3H3;/q-3;. The quantitative estimate of drug-likeness (QED) is 0.161. The normalized spacial score (nSPS) is 12.9. The van der Waals surface area contributed by atoms with E-state index in [-0.39, 0.29) is 26.5 Å². The molecule has 0 saturated carbocycles. The summed E-state index contributed by atoms with van der Waals surface area (Å²) in [4.78, 5) is 13.9. The third-order valence-corrected chi connectivity index (χ3v) is 10.9. The third kappa shape index (κ3) is 5.67. The summed E-state index contributed by atoms with van der Waals surface area (Å²) in [6.07, 6.45) is 3.73. The number of nitrogens with zero attached hydrogens (tertiary/aromatic N) is 5. The minimum absolute atomic E-state index is 0. The molecule has 262 valence electrons. The number of aromatic nitrogens is 3. The van der Waals surface area contributed by atoms with E-state index in [1.165, 1.54) is 25.7 Å². The Balaban J connectivity index is 0.00000372. The summed E-state index contributed by atoms with van der Waals surface area (Å²) in [6.45, 7) is 8.74. The van der Waals surface area contributed by atoms with Crippen molar-refractivity contribution < 1.29 is 25.8 Å². The van der Waals surface area contributed by atoms with Crippen molar-refractivity contribution in [1.82, 2.24) is 14.5 Å². The smallest absolute Gasteiger partial charge is 0.135 e. The zero-order valence-electron chi connectivity index (χ0n) is 29.1. The van der Waals surface area contributed by atoms with Crippen molar-refractivity contribution in [2.24, 2.45) is 0 Å². The van der Waals surface area contributed by atoms with E-state index in [2.05, 4.69) is 145 Å². The number of fused-ring (bicyclic) bond motifs is 7. The Kier molecular flexibility index (Phi) is 8.10. The minimum atomic E-state index is -0.0115. The molecule has 53 heavy (non-hydrogen) atoms. The van der Waals surface area contributed by atoms with Gasteiger partial charge in [-0.15, -0.1) is 59.4 Å². The first-order valence-electron chi connectivity index (χ1n) is 17.3.